The van der Waals surface area contributed by atoms with E-state index in [1.165, 1.54) is 0 Å². The Balaban J connectivity index is 1.70. The molecule has 0 aliphatic heterocycles. The van der Waals surface area contributed by atoms with E-state index in [4.69, 9.17) is 13.9 Å². The highest BCUT2D eigenvalue weighted by molar-refractivity contribution is 7.13. The van der Waals surface area contributed by atoms with Crippen LogP contribution in [0, 0.1) is 0 Å². The fourth-order valence-electron chi connectivity index (χ4n) is 2.60. The molecule has 2 aromatic heterocycles. The second-order valence-electron chi connectivity index (χ2n) is 5.93. The van der Waals surface area contributed by atoms with E-state index >= 15 is 0 Å². The Morgan fingerprint density at radius 3 is 2.77 bits per heavy atom. The lowest BCUT2D eigenvalue weighted by atomic mass is 10.1. The maximum absolute atomic E-state index is 5.85. The Hall–Kier alpha value is -2.38. The Labute approximate surface area is 157 Å². The summed E-state index contributed by atoms with van der Waals surface area (Å²) in [6.45, 7) is 5.34. The Bertz CT molecular complexity index is 832. The molecule has 0 saturated heterocycles. The number of benzene rings is 1. The molecule has 26 heavy (non-hydrogen) atoms. The number of ether oxygens (including phenoxy) is 2. The highest BCUT2D eigenvalue weighted by Crippen LogP contribution is 2.30. The van der Waals surface area contributed by atoms with Gasteiger partial charge in [0.2, 0.25) is 5.89 Å². The van der Waals surface area contributed by atoms with Crippen molar-refractivity contribution in [2.75, 3.05) is 20.8 Å². The zero-order valence-electron chi connectivity index (χ0n) is 15.4. The minimum atomic E-state index is -0.00576. The summed E-state index contributed by atoms with van der Waals surface area (Å²) >= 11 is 1.59. The second kappa shape index (κ2) is 8.33. The third kappa shape index (κ3) is 4.05. The molecule has 3 aromatic rings. The molecule has 0 amide bonds. The van der Waals surface area contributed by atoms with E-state index in [0.717, 1.165) is 28.5 Å². The van der Waals surface area contributed by atoms with Gasteiger partial charge in [0.05, 0.1) is 24.6 Å². The average Bonchev–Trinajstić information content (AvgIpc) is 3.33. The highest BCUT2D eigenvalue weighted by atomic mass is 32.1. The fourth-order valence-corrected chi connectivity index (χ4v) is 3.25. The molecule has 2 heterocycles. The fraction of sp³-hybridized carbons (Fsp3) is 0.368. The summed E-state index contributed by atoms with van der Waals surface area (Å²) in [4.78, 5) is 3.13. The smallest absolute Gasteiger partial charge is 0.257 e. The summed E-state index contributed by atoms with van der Waals surface area (Å²) in [5.41, 5.74) is 1.12. The first-order valence-corrected chi connectivity index (χ1v) is 9.37. The molecule has 138 valence electrons. The van der Waals surface area contributed by atoms with Gasteiger partial charge in [0.1, 0.15) is 0 Å². The van der Waals surface area contributed by atoms with E-state index in [0.29, 0.717) is 18.4 Å². The van der Waals surface area contributed by atoms with Gasteiger partial charge in [0.25, 0.3) is 5.89 Å². The van der Waals surface area contributed by atoms with Crippen molar-refractivity contribution < 1.29 is 13.9 Å². The summed E-state index contributed by atoms with van der Waals surface area (Å²) in [6.07, 6.45) is 0. The SMILES string of the molecule is CCOc1ccc(CN(C)[C@H](C)c2nnc(-c3cccs3)o2)cc1OC. The largest absolute Gasteiger partial charge is 0.493 e. The third-order valence-electron chi connectivity index (χ3n) is 4.15. The molecule has 1 atom stereocenters. The van der Waals surface area contributed by atoms with Crippen LogP contribution in [0.4, 0.5) is 0 Å². The van der Waals surface area contributed by atoms with Crippen LogP contribution in [0.3, 0.4) is 0 Å². The van der Waals surface area contributed by atoms with Crippen molar-refractivity contribution in [3.05, 3.63) is 47.2 Å². The van der Waals surface area contributed by atoms with Crippen molar-refractivity contribution in [1.82, 2.24) is 15.1 Å². The lowest BCUT2D eigenvalue weighted by Crippen LogP contribution is -2.22. The molecule has 0 unspecified atom stereocenters. The van der Waals surface area contributed by atoms with Crippen LogP contribution in [0.5, 0.6) is 11.5 Å². The number of rotatable bonds is 8. The van der Waals surface area contributed by atoms with E-state index in [-0.39, 0.29) is 6.04 Å². The standard InChI is InChI=1S/C19H23N3O3S/c1-5-24-15-9-8-14(11-16(15)23-4)12-22(3)13(2)18-20-21-19(25-18)17-7-6-10-26-17/h6-11,13H,5,12H2,1-4H3/t13-/m1/s1. The van der Waals surface area contributed by atoms with Crippen LogP contribution in [0.15, 0.2) is 40.1 Å². The van der Waals surface area contributed by atoms with Gasteiger partial charge in [-0.2, -0.15) is 0 Å². The molecule has 7 heteroatoms. The first-order valence-electron chi connectivity index (χ1n) is 8.49. The van der Waals surface area contributed by atoms with Gasteiger partial charge in [0, 0.05) is 6.54 Å². The number of hydrogen-bond acceptors (Lipinski definition) is 7. The van der Waals surface area contributed by atoms with Gasteiger partial charge in [-0.1, -0.05) is 12.1 Å². The molecular formula is C19H23N3O3S. The first kappa shape index (κ1) is 18.4. The van der Waals surface area contributed by atoms with Crippen molar-refractivity contribution in [2.24, 2.45) is 0 Å². The molecule has 0 fully saturated rings. The second-order valence-corrected chi connectivity index (χ2v) is 6.88. The van der Waals surface area contributed by atoms with Crippen molar-refractivity contribution in [3.8, 4) is 22.3 Å². The van der Waals surface area contributed by atoms with E-state index in [1.54, 1.807) is 18.4 Å². The predicted octanol–water partition coefficient (Wildman–Crippen LogP) is 4.40. The van der Waals surface area contributed by atoms with Crippen molar-refractivity contribution in [2.45, 2.75) is 26.4 Å². The van der Waals surface area contributed by atoms with Crippen molar-refractivity contribution in [3.63, 3.8) is 0 Å². The summed E-state index contributed by atoms with van der Waals surface area (Å²) in [5.74, 6) is 2.67. The van der Waals surface area contributed by atoms with Gasteiger partial charge >= 0.3 is 0 Å². The zero-order chi connectivity index (χ0) is 18.5. The van der Waals surface area contributed by atoms with Gasteiger partial charge < -0.3 is 13.9 Å². The highest BCUT2D eigenvalue weighted by Gasteiger charge is 2.20. The van der Waals surface area contributed by atoms with Crippen LogP contribution in [-0.2, 0) is 6.54 Å². The van der Waals surface area contributed by atoms with Gasteiger partial charge in [-0.25, -0.2) is 0 Å². The minimum absolute atomic E-state index is 0.00576. The monoisotopic (exact) mass is 373 g/mol. The number of methoxy groups -OCH3 is 1. The zero-order valence-corrected chi connectivity index (χ0v) is 16.2. The maximum atomic E-state index is 5.85. The number of aromatic nitrogens is 2. The predicted molar refractivity (Wildman–Crippen MR) is 102 cm³/mol. The van der Waals surface area contributed by atoms with Crippen LogP contribution in [0.2, 0.25) is 0 Å². The molecule has 1 aromatic carbocycles. The summed E-state index contributed by atoms with van der Waals surface area (Å²) < 4.78 is 16.8. The normalized spacial score (nSPS) is 12.3. The maximum Gasteiger partial charge on any atom is 0.257 e. The van der Waals surface area contributed by atoms with E-state index < -0.39 is 0 Å². The molecule has 0 bridgehead atoms. The molecule has 0 N–H and O–H groups in total. The van der Waals surface area contributed by atoms with Crippen LogP contribution in [0.1, 0.15) is 31.3 Å². The Morgan fingerprint density at radius 1 is 1.23 bits per heavy atom. The lowest BCUT2D eigenvalue weighted by Gasteiger charge is -2.22. The van der Waals surface area contributed by atoms with Gasteiger partial charge in [-0.05, 0) is 50.0 Å². The molecule has 0 aliphatic carbocycles. The number of thiophene rings is 1. The van der Waals surface area contributed by atoms with Crippen LogP contribution in [0.25, 0.3) is 10.8 Å². The molecule has 3 rings (SSSR count). The molecule has 0 aliphatic rings. The van der Waals surface area contributed by atoms with Crippen molar-refractivity contribution >= 4 is 11.3 Å². The summed E-state index contributed by atoms with van der Waals surface area (Å²) in [7, 11) is 3.68. The first-order chi connectivity index (χ1) is 12.6. The van der Waals surface area contributed by atoms with Crippen LogP contribution in [-0.4, -0.2) is 35.9 Å². The Kier molecular flexibility index (Phi) is 5.90. The van der Waals surface area contributed by atoms with E-state index in [1.807, 2.05) is 49.7 Å². The van der Waals surface area contributed by atoms with E-state index in [9.17, 15) is 0 Å². The van der Waals surface area contributed by atoms with Crippen LogP contribution >= 0.6 is 11.3 Å². The molecule has 0 radical (unpaired) electrons. The summed E-state index contributed by atoms with van der Waals surface area (Å²) in [6, 6.07) is 9.92. The number of nitrogens with zero attached hydrogens (tertiary/aromatic N) is 3. The van der Waals surface area contributed by atoms with Gasteiger partial charge in [0.15, 0.2) is 11.5 Å². The molecular weight excluding hydrogens is 350 g/mol. The quantitative estimate of drug-likeness (QED) is 0.583. The molecule has 6 nitrogen and oxygen atoms in total. The van der Waals surface area contributed by atoms with E-state index in [2.05, 4.69) is 22.0 Å². The lowest BCUT2D eigenvalue weighted by molar-refractivity contribution is 0.217. The Morgan fingerprint density at radius 2 is 2.08 bits per heavy atom. The number of hydrogen-bond donors (Lipinski definition) is 0. The minimum Gasteiger partial charge on any atom is -0.493 e. The topological polar surface area (TPSA) is 60.6 Å². The van der Waals surface area contributed by atoms with Gasteiger partial charge in [-0.3, -0.25) is 4.90 Å². The van der Waals surface area contributed by atoms with Gasteiger partial charge in [-0.15, -0.1) is 21.5 Å². The summed E-state index contributed by atoms with van der Waals surface area (Å²) in [5, 5.41) is 10.4. The van der Waals surface area contributed by atoms with Crippen molar-refractivity contribution in [1.29, 1.82) is 0 Å². The average molecular weight is 373 g/mol. The third-order valence-corrected chi connectivity index (χ3v) is 5.01. The van der Waals surface area contributed by atoms with Crippen LogP contribution < -0.4 is 9.47 Å². The molecule has 0 spiro atoms. The molecule has 0 saturated carbocycles.